The Labute approximate surface area is 109 Å². The molecule has 0 saturated carbocycles. The molecule has 0 aromatic heterocycles. The standard InChI is InChI=1S/C16H19NO/c1-17(12-11-14-5-3-2-4-6-14)13-15-7-9-16(18)10-8-15/h2-10,18H,11-13H2,1H3. The summed E-state index contributed by atoms with van der Waals surface area (Å²) in [6.45, 7) is 1.94. The number of aromatic hydroxyl groups is 1. The molecule has 0 aliphatic rings. The van der Waals surface area contributed by atoms with Crippen molar-refractivity contribution < 1.29 is 5.11 Å². The minimum atomic E-state index is 0.325. The Kier molecular flexibility index (Phi) is 4.37. The summed E-state index contributed by atoms with van der Waals surface area (Å²) in [6, 6.07) is 17.9. The van der Waals surface area contributed by atoms with E-state index in [1.807, 2.05) is 18.2 Å². The molecule has 0 aliphatic carbocycles. The number of benzene rings is 2. The molecule has 2 aromatic rings. The third-order valence-electron chi connectivity index (χ3n) is 3.01. The van der Waals surface area contributed by atoms with Crippen LogP contribution in [-0.4, -0.2) is 23.6 Å². The summed E-state index contributed by atoms with van der Waals surface area (Å²) in [6.07, 6.45) is 1.06. The molecule has 0 bridgehead atoms. The van der Waals surface area contributed by atoms with Crippen LogP contribution in [0.15, 0.2) is 54.6 Å². The zero-order chi connectivity index (χ0) is 12.8. The van der Waals surface area contributed by atoms with E-state index in [0.717, 1.165) is 19.5 Å². The number of rotatable bonds is 5. The normalized spacial score (nSPS) is 10.8. The Hall–Kier alpha value is -1.80. The van der Waals surface area contributed by atoms with E-state index in [1.165, 1.54) is 11.1 Å². The van der Waals surface area contributed by atoms with Gasteiger partial charge in [-0.25, -0.2) is 0 Å². The zero-order valence-electron chi connectivity index (χ0n) is 10.7. The van der Waals surface area contributed by atoms with Gasteiger partial charge in [0.1, 0.15) is 5.75 Å². The Morgan fingerprint density at radius 1 is 0.889 bits per heavy atom. The molecule has 2 rings (SSSR count). The van der Waals surface area contributed by atoms with Crippen molar-refractivity contribution in [3.05, 3.63) is 65.7 Å². The molecule has 0 unspecified atom stereocenters. The first-order valence-electron chi connectivity index (χ1n) is 6.24. The predicted octanol–water partition coefficient (Wildman–Crippen LogP) is 3.07. The van der Waals surface area contributed by atoms with Crippen molar-refractivity contribution in [1.29, 1.82) is 0 Å². The number of hydrogen-bond donors (Lipinski definition) is 1. The lowest BCUT2D eigenvalue weighted by atomic mass is 10.1. The van der Waals surface area contributed by atoms with Crippen molar-refractivity contribution in [3.63, 3.8) is 0 Å². The highest BCUT2D eigenvalue weighted by Crippen LogP contribution is 2.11. The molecule has 0 aliphatic heterocycles. The minimum Gasteiger partial charge on any atom is -0.508 e. The zero-order valence-corrected chi connectivity index (χ0v) is 10.7. The van der Waals surface area contributed by atoms with Crippen molar-refractivity contribution in [2.45, 2.75) is 13.0 Å². The summed E-state index contributed by atoms with van der Waals surface area (Å²) < 4.78 is 0. The molecule has 0 heterocycles. The molecule has 18 heavy (non-hydrogen) atoms. The largest absolute Gasteiger partial charge is 0.508 e. The Bertz CT molecular complexity index is 464. The van der Waals surface area contributed by atoms with Crippen molar-refractivity contribution in [2.24, 2.45) is 0 Å². The minimum absolute atomic E-state index is 0.325. The molecule has 1 N–H and O–H groups in total. The molecule has 2 nitrogen and oxygen atoms in total. The van der Waals surface area contributed by atoms with Gasteiger partial charge >= 0.3 is 0 Å². The lowest BCUT2D eigenvalue weighted by Crippen LogP contribution is -2.20. The summed E-state index contributed by atoms with van der Waals surface area (Å²) in [4.78, 5) is 2.29. The van der Waals surface area contributed by atoms with Gasteiger partial charge in [0.05, 0.1) is 0 Å². The lowest BCUT2D eigenvalue weighted by Gasteiger charge is -2.16. The van der Waals surface area contributed by atoms with Gasteiger partial charge in [-0.3, -0.25) is 0 Å². The van der Waals surface area contributed by atoms with Gasteiger partial charge in [-0.1, -0.05) is 42.5 Å². The van der Waals surface area contributed by atoms with Crippen LogP contribution < -0.4 is 0 Å². The van der Waals surface area contributed by atoms with Crippen LogP contribution in [0.4, 0.5) is 0 Å². The summed E-state index contributed by atoms with van der Waals surface area (Å²) in [5.74, 6) is 0.325. The monoisotopic (exact) mass is 241 g/mol. The second-order valence-corrected chi connectivity index (χ2v) is 4.64. The number of nitrogens with zero attached hydrogens (tertiary/aromatic N) is 1. The number of phenolic OH excluding ortho intramolecular Hbond substituents is 1. The van der Waals surface area contributed by atoms with Crippen LogP contribution in [0.2, 0.25) is 0 Å². The fourth-order valence-corrected chi connectivity index (χ4v) is 1.96. The smallest absolute Gasteiger partial charge is 0.115 e. The molecular weight excluding hydrogens is 222 g/mol. The van der Waals surface area contributed by atoms with Crippen LogP contribution in [-0.2, 0) is 13.0 Å². The molecule has 0 amide bonds. The van der Waals surface area contributed by atoms with Gasteiger partial charge in [-0.2, -0.15) is 0 Å². The van der Waals surface area contributed by atoms with E-state index in [4.69, 9.17) is 0 Å². The van der Waals surface area contributed by atoms with E-state index in [2.05, 4.69) is 36.2 Å². The quantitative estimate of drug-likeness (QED) is 0.869. The molecular formula is C16H19NO. The van der Waals surface area contributed by atoms with Crippen molar-refractivity contribution in [3.8, 4) is 5.75 Å². The topological polar surface area (TPSA) is 23.5 Å². The highest BCUT2D eigenvalue weighted by Gasteiger charge is 2.01. The second kappa shape index (κ2) is 6.22. The Balaban J connectivity index is 1.82. The van der Waals surface area contributed by atoms with E-state index in [0.29, 0.717) is 5.75 Å². The summed E-state index contributed by atoms with van der Waals surface area (Å²) in [7, 11) is 2.12. The van der Waals surface area contributed by atoms with Gasteiger partial charge in [0.2, 0.25) is 0 Å². The van der Waals surface area contributed by atoms with Gasteiger partial charge in [-0.15, -0.1) is 0 Å². The number of likely N-dealkylation sites (N-methyl/N-ethyl adjacent to an activating group) is 1. The maximum atomic E-state index is 9.23. The van der Waals surface area contributed by atoms with Gasteiger partial charge in [0.25, 0.3) is 0 Å². The van der Waals surface area contributed by atoms with E-state index in [9.17, 15) is 5.11 Å². The molecule has 2 heteroatoms. The SMILES string of the molecule is CN(CCc1ccccc1)Cc1ccc(O)cc1. The summed E-state index contributed by atoms with van der Waals surface area (Å²) >= 11 is 0. The lowest BCUT2D eigenvalue weighted by molar-refractivity contribution is 0.331. The van der Waals surface area contributed by atoms with E-state index in [-0.39, 0.29) is 0 Å². The van der Waals surface area contributed by atoms with Crippen LogP contribution >= 0.6 is 0 Å². The van der Waals surface area contributed by atoms with Crippen LogP contribution in [0, 0.1) is 0 Å². The maximum absolute atomic E-state index is 9.23. The molecule has 0 fully saturated rings. The number of phenols is 1. The molecule has 0 radical (unpaired) electrons. The second-order valence-electron chi connectivity index (χ2n) is 4.64. The molecule has 94 valence electrons. The first-order valence-corrected chi connectivity index (χ1v) is 6.24. The van der Waals surface area contributed by atoms with Crippen LogP contribution in [0.5, 0.6) is 5.75 Å². The van der Waals surface area contributed by atoms with E-state index >= 15 is 0 Å². The number of hydrogen-bond acceptors (Lipinski definition) is 2. The fourth-order valence-electron chi connectivity index (χ4n) is 1.96. The Morgan fingerprint density at radius 3 is 2.22 bits per heavy atom. The van der Waals surface area contributed by atoms with Crippen LogP contribution in [0.3, 0.4) is 0 Å². The van der Waals surface area contributed by atoms with Gasteiger partial charge in [0.15, 0.2) is 0 Å². The van der Waals surface area contributed by atoms with Gasteiger partial charge < -0.3 is 10.0 Å². The highest BCUT2D eigenvalue weighted by atomic mass is 16.3. The third kappa shape index (κ3) is 3.90. The van der Waals surface area contributed by atoms with E-state index in [1.54, 1.807) is 12.1 Å². The fraction of sp³-hybridized carbons (Fsp3) is 0.250. The Morgan fingerprint density at radius 2 is 1.56 bits per heavy atom. The summed E-state index contributed by atoms with van der Waals surface area (Å²) in [5.41, 5.74) is 2.60. The predicted molar refractivity (Wildman–Crippen MR) is 74.6 cm³/mol. The van der Waals surface area contributed by atoms with E-state index < -0.39 is 0 Å². The molecule has 2 aromatic carbocycles. The first-order chi connectivity index (χ1) is 8.74. The first kappa shape index (κ1) is 12.7. The van der Waals surface area contributed by atoms with Crippen molar-refractivity contribution in [2.75, 3.05) is 13.6 Å². The maximum Gasteiger partial charge on any atom is 0.115 e. The van der Waals surface area contributed by atoms with Crippen molar-refractivity contribution in [1.82, 2.24) is 4.90 Å². The molecule has 0 spiro atoms. The molecule has 0 saturated heterocycles. The van der Waals surface area contributed by atoms with Crippen LogP contribution in [0.25, 0.3) is 0 Å². The van der Waals surface area contributed by atoms with Crippen LogP contribution in [0.1, 0.15) is 11.1 Å². The van der Waals surface area contributed by atoms with Gasteiger partial charge in [-0.05, 0) is 36.7 Å². The average molecular weight is 241 g/mol. The third-order valence-corrected chi connectivity index (χ3v) is 3.01. The molecule has 0 atom stereocenters. The van der Waals surface area contributed by atoms with Crippen molar-refractivity contribution >= 4 is 0 Å². The van der Waals surface area contributed by atoms with Gasteiger partial charge in [0, 0.05) is 13.1 Å². The average Bonchev–Trinajstić information content (AvgIpc) is 2.40. The summed E-state index contributed by atoms with van der Waals surface area (Å²) in [5, 5.41) is 9.23. The highest BCUT2D eigenvalue weighted by molar-refractivity contribution is 5.25.